The molecule has 0 saturated carbocycles. The molecule has 1 saturated heterocycles. The van der Waals surface area contributed by atoms with Crippen molar-refractivity contribution < 1.29 is 43.9 Å². The van der Waals surface area contributed by atoms with E-state index >= 15 is 0 Å². The molecule has 1 heterocycles. The molecule has 38 heavy (non-hydrogen) atoms. The SMILES string of the molecule is Cc1cc(F)ccc1[C@H]1C[C@@H](S(C)(=O)=O)CCN1C(=O)N(C)[C@H](C)c1cc(C(F)(F)F)cc(C(F)(F)F)c1. The molecular weight excluding hydrogens is 541 g/mol. The van der Waals surface area contributed by atoms with Crippen LogP contribution in [0.1, 0.15) is 59.7 Å². The molecule has 0 aliphatic carbocycles. The lowest BCUT2D eigenvalue weighted by Crippen LogP contribution is -2.49. The van der Waals surface area contributed by atoms with Crippen molar-refractivity contribution in [2.24, 2.45) is 0 Å². The Bertz CT molecular complexity index is 1280. The van der Waals surface area contributed by atoms with Crippen molar-refractivity contribution in [1.82, 2.24) is 9.80 Å². The smallest absolute Gasteiger partial charge is 0.321 e. The first-order valence-corrected chi connectivity index (χ1v) is 13.5. The average molecular weight is 569 g/mol. The van der Waals surface area contributed by atoms with Crippen LogP contribution < -0.4 is 0 Å². The second kappa shape index (κ2) is 10.4. The summed E-state index contributed by atoms with van der Waals surface area (Å²) in [5.74, 6) is -0.532. The van der Waals surface area contributed by atoms with Crippen molar-refractivity contribution >= 4 is 15.9 Å². The average Bonchev–Trinajstić information content (AvgIpc) is 2.80. The zero-order chi connectivity index (χ0) is 28.8. The van der Waals surface area contributed by atoms with Crippen molar-refractivity contribution in [3.63, 3.8) is 0 Å². The van der Waals surface area contributed by atoms with Gasteiger partial charge in [0.25, 0.3) is 0 Å². The molecule has 0 radical (unpaired) electrons. The molecule has 0 aromatic heterocycles. The molecule has 3 rings (SSSR count). The number of alkyl halides is 6. The van der Waals surface area contributed by atoms with Gasteiger partial charge in [0.15, 0.2) is 0 Å². The Morgan fingerprint density at radius 3 is 2.05 bits per heavy atom. The number of aryl methyl sites for hydroxylation is 1. The summed E-state index contributed by atoms with van der Waals surface area (Å²) >= 11 is 0. The lowest BCUT2D eigenvalue weighted by atomic mass is 9.92. The van der Waals surface area contributed by atoms with E-state index in [1.54, 1.807) is 6.92 Å². The highest BCUT2D eigenvalue weighted by Gasteiger charge is 2.41. The van der Waals surface area contributed by atoms with Crippen LogP contribution in [0.15, 0.2) is 36.4 Å². The molecule has 210 valence electrons. The zero-order valence-electron chi connectivity index (χ0n) is 21.0. The monoisotopic (exact) mass is 568 g/mol. The molecule has 2 aromatic carbocycles. The number of nitrogens with zero attached hydrogens (tertiary/aromatic N) is 2. The fourth-order valence-corrected chi connectivity index (χ4v) is 5.74. The number of halogens is 7. The van der Waals surface area contributed by atoms with Crippen LogP contribution in [0.4, 0.5) is 35.5 Å². The van der Waals surface area contributed by atoms with Crippen LogP contribution in [0.2, 0.25) is 0 Å². The summed E-state index contributed by atoms with van der Waals surface area (Å²) in [5.41, 5.74) is -2.41. The summed E-state index contributed by atoms with van der Waals surface area (Å²) in [6.07, 6.45) is -8.93. The van der Waals surface area contributed by atoms with Gasteiger partial charge >= 0.3 is 18.4 Å². The lowest BCUT2D eigenvalue weighted by molar-refractivity contribution is -0.143. The van der Waals surface area contributed by atoms with E-state index in [2.05, 4.69) is 0 Å². The summed E-state index contributed by atoms with van der Waals surface area (Å²) in [6, 6.07) is 2.27. The first kappa shape index (κ1) is 29.7. The standard InChI is InChI=1S/C25H27F7N2O3S/c1-14-9-19(26)5-6-21(14)22-13-20(38(4,36)37)7-8-34(22)23(35)33(3)15(2)16-10-17(24(27,28)29)12-18(11-16)25(30,31)32/h5-6,9-12,15,20,22H,7-8,13H2,1-4H3/t15-,20+,22-/m1/s1. The van der Waals surface area contributed by atoms with Gasteiger partial charge in [-0.15, -0.1) is 0 Å². The summed E-state index contributed by atoms with van der Waals surface area (Å²) in [5, 5.41) is -0.790. The summed E-state index contributed by atoms with van der Waals surface area (Å²) in [4.78, 5) is 15.9. The summed E-state index contributed by atoms with van der Waals surface area (Å²) in [6.45, 7) is 2.86. The van der Waals surface area contributed by atoms with Crippen molar-refractivity contribution in [2.75, 3.05) is 19.8 Å². The highest BCUT2D eigenvalue weighted by Crippen LogP contribution is 2.40. The molecule has 1 fully saturated rings. The number of sulfone groups is 1. The van der Waals surface area contributed by atoms with Gasteiger partial charge in [-0.05, 0) is 73.7 Å². The van der Waals surface area contributed by atoms with E-state index in [-0.39, 0.29) is 31.0 Å². The number of benzene rings is 2. The van der Waals surface area contributed by atoms with Gasteiger partial charge in [-0.2, -0.15) is 26.3 Å². The van der Waals surface area contributed by atoms with Crippen LogP contribution in [-0.2, 0) is 22.2 Å². The van der Waals surface area contributed by atoms with Gasteiger partial charge in [0.2, 0.25) is 0 Å². The third-order valence-electron chi connectivity index (χ3n) is 6.97. The molecule has 2 aromatic rings. The van der Waals surface area contributed by atoms with E-state index in [1.807, 2.05) is 0 Å². The Labute approximate surface area is 216 Å². The van der Waals surface area contributed by atoms with E-state index in [0.29, 0.717) is 23.3 Å². The zero-order valence-corrected chi connectivity index (χ0v) is 21.8. The van der Waals surface area contributed by atoms with Gasteiger partial charge in [0.1, 0.15) is 15.7 Å². The molecule has 13 heteroatoms. The van der Waals surface area contributed by atoms with E-state index in [9.17, 15) is 43.9 Å². The quantitative estimate of drug-likeness (QED) is 0.394. The van der Waals surface area contributed by atoms with Crippen LogP contribution in [0.3, 0.4) is 0 Å². The van der Waals surface area contributed by atoms with Gasteiger partial charge in [-0.25, -0.2) is 17.6 Å². The van der Waals surface area contributed by atoms with Crippen LogP contribution in [0.25, 0.3) is 0 Å². The second-order valence-corrected chi connectivity index (χ2v) is 11.9. The van der Waals surface area contributed by atoms with E-state index in [0.717, 1.165) is 11.2 Å². The van der Waals surface area contributed by atoms with Gasteiger partial charge in [-0.3, -0.25) is 0 Å². The summed E-state index contributed by atoms with van der Waals surface area (Å²) < 4.78 is 118. The fraction of sp³-hybridized carbons (Fsp3) is 0.480. The Kier molecular flexibility index (Phi) is 8.12. The molecule has 1 aliphatic rings. The predicted molar refractivity (Wildman–Crippen MR) is 126 cm³/mol. The maximum Gasteiger partial charge on any atom is 0.416 e. The van der Waals surface area contributed by atoms with Crippen LogP contribution in [-0.4, -0.2) is 49.3 Å². The normalized spacial score (nSPS) is 19.8. The number of hydrogen-bond donors (Lipinski definition) is 0. The molecule has 0 N–H and O–H groups in total. The number of carbonyl (C=O) groups excluding carboxylic acids is 1. The fourth-order valence-electron chi connectivity index (χ4n) is 4.67. The molecule has 3 atom stereocenters. The van der Waals surface area contributed by atoms with Crippen molar-refractivity contribution in [3.05, 3.63) is 70.0 Å². The van der Waals surface area contributed by atoms with Gasteiger partial charge in [0, 0.05) is 19.8 Å². The second-order valence-electron chi connectivity index (χ2n) is 9.59. The molecule has 2 amide bonds. The van der Waals surface area contributed by atoms with Crippen molar-refractivity contribution in [3.8, 4) is 0 Å². The van der Waals surface area contributed by atoms with Crippen LogP contribution >= 0.6 is 0 Å². The predicted octanol–water partition coefficient (Wildman–Crippen LogP) is 6.53. The minimum Gasteiger partial charge on any atom is -0.321 e. The molecular formula is C25H27F7N2O3S. The van der Waals surface area contributed by atoms with Gasteiger partial charge in [0.05, 0.1) is 28.5 Å². The summed E-state index contributed by atoms with van der Waals surface area (Å²) in [7, 11) is -2.24. The number of hydrogen-bond acceptors (Lipinski definition) is 3. The third kappa shape index (κ3) is 6.41. The maximum atomic E-state index is 13.7. The third-order valence-corrected chi connectivity index (χ3v) is 8.61. The lowest BCUT2D eigenvalue weighted by Gasteiger charge is -2.42. The number of urea groups is 1. The van der Waals surface area contributed by atoms with Crippen LogP contribution in [0, 0.1) is 12.7 Å². The molecule has 0 unspecified atom stereocenters. The highest BCUT2D eigenvalue weighted by molar-refractivity contribution is 7.91. The number of piperidine rings is 1. The Hall–Kier alpha value is -2.83. The van der Waals surface area contributed by atoms with E-state index in [1.165, 1.54) is 37.1 Å². The number of carbonyl (C=O) groups is 1. The number of likely N-dealkylation sites (tertiary alicyclic amines) is 1. The molecule has 5 nitrogen and oxygen atoms in total. The highest BCUT2D eigenvalue weighted by atomic mass is 32.2. The Balaban J connectivity index is 2.00. The largest absolute Gasteiger partial charge is 0.416 e. The molecule has 0 spiro atoms. The minimum atomic E-state index is -5.04. The number of amides is 2. The topological polar surface area (TPSA) is 57.7 Å². The minimum absolute atomic E-state index is 0.00104. The van der Waals surface area contributed by atoms with Crippen molar-refractivity contribution in [2.45, 2.75) is 56.4 Å². The van der Waals surface area contributed by atoms with Gasteiger partial charge < -0.3 is 9.80 Å². The van der Waals surface area contributed by atoms with E-state index in [4.69, 9.17) is 0 Å². The molecule has 1 aliphatic heterocycles. The first-order chi connectivity index (χ1) is 17.3. The van der Waals surface area contributed by atoms with Crippen LogP contribution in [0.5, 0.6) is 0 Å². The van der Waals surface area contributed by atoms with E-state index < -0.39 is 62.5 Å². The number of rotatable bonds is 4. The van der Waals surface area contributed by atoms with Gasteiger partial charge in [-0.1, -0.05) is 6.07 Å². The molecule has 0 bridgehead atoms. The Morgan fingerprint density at radius 1 is 1.03 bits per heavy atom. The van der Waals surface area contributed by atoms with Crippen molar-refractivity contribution in [1.29, 1.82) is 0 Å². The first-order valence-electron chi connectivity index (χ1n) is 11.6. The maximum absolute atomic E-state index is 13.7. The Morgan fingerprint density at radius 2 is 1.58 bits per heavy atom.